The SMILES string of the molecule is CCCCCCCCCCCCCCCC[N+](C)(C)c1ccccc1. The van der Waals surface area contributed by atoms with E-state index in [4.69, 9.17) is 0 Å². The average molecular weight is 347 g/mol. The number of nitrogens with zero attached hydrogens (tertiary/aromatic N) is 1. The molecule has 0 heterocycles. The topological polar surface area (TPSA) is 0 Å². The Morgan fingerprint density at radius 3 is 1.40 bits per heavy atom. The lowest BCUT2D eigenvalue weighted by Crippen LogP contribution is -2.41. The van der Waals surface area contributed by atoms with E-state index < -0.39 is 0 Å². The summed E-state index contributed by atoms with van der Waals surface area (Å²) in [7, 11) is 4.66. The minimum absolute atomic E-state index is 1.01. The molecule has 0 N–H and O–H groups in total. The van der Waals surface area contributed by atoms with Crippen LogP contribution in [0.5, 0.6) is 0 Å². The molecular formula is C24H44N+. The fourth-order valence-corrected chi connectivity index (χ4v) is 3.66. The van der Waals surface area contributed by atoms with Gasteiger partial charge in [-0.2, -0.15) is 0 Å². The van der Waals surface area contributed by atoms with Crippen LogP contribution in [0.2, 0.25) is 0 Å². The lowest BCUT2D eigenvalue weighted by atomic mass is 10.0. The van der Waals surface area contributed by atoms with Crippen LogP contribution in [0.25, 0.3) is 0 Å². The highest BCUT2D eigenvalue weighted by Crippen LogP contribution is 2.19. The minimum atomic E-state index is 1.01. The maximum Gasteiger partial charge on any atom is 0.132 e. The summed E-state index contributed by atoms with van der Waals surface area (Å²) in [5.41, 5.74) is 1.43. The van der Waals surface area contributed by atoms with E-state index in [1.807, 2.05) is 0 Å². The van der Waals surface area contributed by atoms with Crippen LogP contribution in [-0.2, 0) is 0 Å². The molecular weight excluding hydrogens is 302 g/mol. The van der Waals surface area contributed by atoms with Crippen molar-refractivity contribution in [3.8, 4) is 0 Å². The van der Waals surface area contributed by atoms with Crippen LogP contribution in [0.3, 0.4) is 0 Å². The predicted molar refractivity (Wildman–Crippen MR) is 115 cm³/mol. The minimum Gasteiger partial charge on any atom is -0.296 e. The van der Waals surface area contributed by atoms with E-state index in [1.54, 1.807) is 0 Å². The van der Waals surface area contributed by atoms with E-state index >= 15 is 0 Å². The molecule has 1 heteroatoms. The Morgan fingerprint density at radius 1 is 0.560 bits per heavy atom. The summed E-state index contributed by atoms with van der Waals surface area (Å²) in [4.78, 5) is 0. The second-order valence-electron chi connectivity index (χ2n) is 8.34. The van der Waals surface area contributed by atoms with Gasteiger partial charge in [0.2, 0.25) is 0 Å². The highest BCUT2D eigenvalue weighted by molar-refractivity contribution is 5.40. The van der Waals surface area contributed by atoms with Crippen molar-refractivity contribution in [1.82, 2.24) is 4.48 Å². The van der Waals surface area contributed by atoms with Gasteiger partial charge < -0.3 is 0 Å². The Kier molecular flexibility index (Phi) is 12.8. The predicted octanol–water partition coefficient (Wildman–Crippen LogP) is 7.73. The summed E-state index contributed by atoms with van der Waals surface area (Å²) < 4.78 is 1.01. The van der Waals surface area contributed by atoms with E-state index in [-0.39, 0.29) is 0 Å². The van der Waals surface area contributed by atoms with E-state index in [1.165, 1.54) is 102 Å². The normalized spacial score (nSPS) is 11.8. The monoisotopic (exact) mass is 346 g/mol. The first-order valence-corrected chi connectivity index (χ1v) is 11.1. The van der Waals surface area contributed by atoms with Gasteiger partial charge in [0.05, 0.1) is 20.6 Å². The molecule has 0 bridgehead atoms. The van der Waals surface area contributed by atoms with Crippen molar-refractivity contribution in [2.24, 2.45) is 0 Å². The smallest absolute Gasteiger partial charge is 0.132 e. The molecule has 0 aromatic heterocycles. The zero-order chi connectivity index (χ0) is 18.2. The average Bonchev–Trinajstić information content (AvgIpc) is 2.63. The zero-order valence-electron chi connectivity index (χ0n) is 17.4. The lowest BCUT2D eigenvalue weighted by Gasteiger charge is -2.29. The van der Waals surface area contributed by atoms with Gasteiger partial charge in [-0.3, -0.25) is 4.48 Å². The number of benzene rings is 1. The molecule has 0 radical (unpaired) electrons. The van der Waals surface area contributed by atoms with Gasteiger partial charge in [0.15, 0.2) is 0 Å². The van der Waals surface area contributed by atoms with Crippen molar-refractivity contribution in [2.45, 2.75) is 96.8 Å². The first-order valence-electron chi connectivity index (χ1n) is 11.1. The molecule has 0 aliphatic heterocycles. The number of rotatable bonds is 16. The first kappa shape index (κ1) is 22.2. The molecule has 1 aromatic rings. The molecule has 0 spiro atoms. The fraction of sp³-hybridized carbons (Fsp3) is 0.750. The van der Waals surface area contributed by atoms with E-state index in [2.05, 4.69) is 51.4 Å². The van der Waals surface area contributed by atoms with Crippen molar-refractivity contribution in [1.29, 1.82) is 0 Å². The Labute approximate surface area is 158 Å². The van der Waals surface area contributed by atoms with Gasteiger partial charge in [0, 0.05) is 0 Å². The van der Waals surface area contributed by atoms with Gasteiger partial charge >= 0.3 is 0 Å². The van der Waals surface area contributed by atoms with Crippen LogP contribution in [0.15, 0.2) is 30.3 Å². The van der Waals surface area contributed by atoms with Crippen LogP contribution in [-0.4, -0.2) is 20.6 Å². The lowest BCUT2D eigenvalue weighted by molar-refractivity contribution is 0.380. The third kappa shape index (κ3) is 11.4. The van der Waals surface area contributed by atoms with Gasteiger partial charge in [0.1, 0.15) is 5.69 Å². The highest BCUT2D eigenvalue weighted by atomic mass is 15.3. The van der Waals surface area contributed by atoms with Crippen LogP contribution in [0.4, 0.5) is 5.69 Å². The summed E-state index contributed by atoms with van der Waals surface area (Å²) in [6, 6.07) is 10.9. The maximum absolute atomic E-state index is 2.33. The molecule has 0 saturated heterocycles. The Bertz CT molecular complexity index is 396. The Balaban J connectivity index is 1.87. The van der Waals surface area contributed by atoms with Crippen LogP contribution in [0.1, 0.15) is 96.8 Å². The van der Waals surface area contributed by atoms with Crippen molar-refractivity contribution in [3.05, 3.63) is 30.3 Å². The van der Waals surface area contributed by atoms with E-state index in [0.29, 0.717) is 0 Å². The molecule has 1 aromatic carbocycles. The van der Waals surface area contributed by atoms with Crippen LogP contribution in [0, 0.1) is 0 Å². The van der Waals surface area contributed by atoms with E-state index in [9.17, 15) is 0 Å². The van der Waals surface area contributed by atoms with Gasteiger partial charge in [-0.1, -0.05) is 102 Å². The van der Waals surface area contributed by atoms with Crippen LogP contribution >= 0.6 is 0 Å². The number of hydrogen-bond acceptors (Lipinski definition) is 0. The van der Waals surface area contributed by atoms with Crippen molar-refractivity contribution in [3.63, 3.8) is 0 Å². The number of para-hydroxylation sites is 1. The molecule has 0 aliphatic rings. The summed E-state index contributed by atoms with van der Waals surface area (Å²) in [6.45, 7) is 3.55. The van der Waals surface area contributed by atoms with Crippen molar-refractivity contribution < 1.29 is 0 Å². The van der Waals surface area contributed by atoms with Crippen LogP contribution < -0.4 is 4.48 Å². The summed E-state index contributed by atoms with van der Waals surface area (Å²) in [5, 5.41) is 0. The molecule has 0 unspecified atom stereocenters. The molecule has 0 saturated carbocycles. The summed E-state index contributed by atoms with van der Waals surface area (Å²) in [5.74, 6) is 0. The third-order valence-electron chi connectivity index (χ3n) is 5.53. The first-order chi connectivity index (χ1) is 12.2. The van der Waals surface area contributed by atoms with E-state index in [0.717, 1.165) is 4.48 Å². The standard InChI is InChI=1S/C24H44N/c1-4-5-6-7-8-9-10-11-12-13-14-15-16-20-23-25(2,3)24-21-18-17-19-22-24/h17-19,21-22H,4-16,20,23H2,1-3H3/q+1. The summed E-state index contributed by atoms with van der Waals surface area (Å²) in [6.07, 6.45) is 20.1. The highest BCUT2D eigenvalue weighted by Gasteiger charge is 2.17. The zero-order valence-corrected chi connectivity index (χ0v) is 17.4. The second kappa shape index (κ2) is 14.4. The molecule has 1 nitrogen and oxygen atoms in total. The van der Waals surface area contributed by atoms with Gasteiger partial charge in [0.25, 0.3) is 0 Å². The largest absolute Gasteiger partial charge is 0.296 e. The molecule has 0 amide bonds. The molecule has 0 atom stereocenters. The molecule has 144 valence electrons. The van der Waals surface area contributed by atoms with Crippen molar-refractivity contribution >= 4 is 5.69 Å². The van der Waals surface area contributed by atoms with Gasteiger partial charge in [-0.05, 0) is 25.0 Å². The Hall–Kier alpha value is -0.820. The maximum atomic E-state index is 2.33. The second-order valence-corrected chi connectivity index (χ2v) is 8.34. The number of unbranched alkanes of at least 4 members (excludes halogenated alkanes) is 13. The number of hydrogen-bond donors (Lipinski definition) is 0. The third-order valence-corrected chi connectivity index (χ3v) is 5.53. The number of quaternary nitrogens is 1. The molecule has 0 aliphatic carbocycles. The quantitative estimate of drug-likeness (QED) is 0.212. The van der Waals surface area contributed by atoms with Gasteiger partial charge in [-0.15, -0.1) is 0 Å². The summed E-state index contributed by atoms with van der Waals surface area (Å²) >= 11 is 0. The molecule has 25 heavy (non-hydrogen) atoms. The molecule has 0 fully saturated rings. The van der Waals surface area contributed by atoms with Crippen molar-refractivity contribution in [2.75, 3.05) is 20.6 Å². The Morgan fingerprint density at radius 2 is 0.960 bits per heavy atom. The fourth-order valence-electron chi connectivity index (χ4n) is 3.66. The molecule has 1 rings (SSSR count). The van der Waals surface area contributed by atoms with Gasteiger partial charge in [-0.25, -0.2) is 0 Å².